The van der Waals surface area contributed by atoms with Crippen LogP contribution in [0.1, 0.15) is 362 Å². The predicted molar refractivity (Wildman–Crippen MR) is 411 cm³/mol. The van der Waals surface area contributed by atoms with E-state index in [2.05, 4.69) is 155 Å². The van der Waals surface area contributed by atoms with E-state index in [1.165, 1.54) is 257 Å². The highest BCUT2D eigenvalue weighted by molar-refractivity contribution is 7.16. The first-order valence-electron chi connectivity index (χ1n) is 36.5. The maximum atomic E-state index is 4.00. The van der Waals surface area contributed by atoms with Gasteiger partial charge in [-0.05, 0) is 293 Å². The standard InChI is InChI=1S/C84H112S6/c1-13-25-37-61-62(38-26-14-2)74-51-52-76-65(41-29-17-5)66(42-30-18-6)78(87-76)55-56-80-69(45-33-21-9)70(46-34-22-10)82(89-80)59-60-84-72(48-36-24-12)71(47-35-23-11)83(90-84)58-57-81-68(44-32-20-8)67(43-31-19-7)79(88-81)54-53-77-64(40-28-16-4)63(39-27-15-3)75(86-77)50-49-73(61)85-74/h49-50,59-60H,13-48H2,1-12H3/b50-49-,60-59-,73-49?,75-50?,82-59?,84-60?. The van der Waals surface area contributed by atoms with Crippen molar-refractivity contribution in [2.24, 2.45) is 0 Å². The quantitative estimate of drug-likeness (QED) is 0.0344. The molecule has 0 saturated heterocycles. The van der Waals surface area contributed by atoms with E-state index < -0.39 is 0 Å². The molecule has 6 aromatic heterocycles. The van der Waals surface area contributed by atoms with Gasteiger partial charge in [0.25, 0.3) is 0 Å². The number of unbranched alkanes of at least 4 members (excludes halogenated alkanes) is 12. The van der Waals surface area contributed by atoms with Gasteiger partial charge in [0.15, 0.2) is 0 Å². The molecule has 7 rings (SSSR count). The van der Waals surface area contributed by atoms with Crippen molar-refractivity contribution in [2.75, 3.05) is 0 Å². The molecule has 0 spiro atoms. The van der Waals surface area contributed by atoms with Crippen LogP contribution >= 0.6 is 68.0 Å². The average Bonchev–Trinajstić information content (AvgIpc) is 1.88. The van der Waals surface area contributed by atoms with Gasteiger partial charge in [0, 0.05) is 19.5 Å². The number of thiophene rings is 6. The summed E-state index contributed by atoms with van der Waals surface area (Å²) < 4.78 is 0. The highest BCUT2D eigenvalue weighted by Crippen LogP contribution is 2.41. The Bertz CT molecular complexity index is 3060. The summed E-state index contributed by atoms with van der Waals surface area (Å²) in [5.41, 5.74) is 18.1. The molecule has 0 aromatic carbocycles. The van der Waals surface area contributed by atoms with E-state index in [0.717, 1.165) is 77.0 Å². The van der Waals surface area contributed by atoms with Crippen LogP contribution in [0.4, 0.5) is 0 Å². The van der Waals surface area contributed by atoms with Crippen molar-refractivity contribution in [3.05, 3.63) is 125 Å². The summed E-state index contributed by atoms with van der Waals surface area (Å²) in [6, 6.07) is 0. The van der Waals surface area contributed by atoms with Crippen molar-refractivity contribution < 1.29 is 0 Å². The fraction of sp³-hybridized carbons (Fsp3) is 0.571. The minimum absolute atomic E-state index is 1.07. The second-order valence-electron chi connectivity index (χ2n) is 25.4. The van der Waals surface area contributed by atoms with Gasteiger partial charge in [-0.3, -0.25) is 0 Å². The number of hydrogen-bond acceptors (Lipinski definition) is 6. The van der Waals surface area contributed by atoms with Crippen LogP contribution in [-0.4, -0.2) is 0 Å². The Hall–Kier alpha value is -4.08. The first-order valence-corrected chi connectivity index (χ1v) is 41.4. The molecule has 6 heteroatoms. The summed E-state index contributed by atoms with van der Waals surface area (Å²) in [7, 11) is 0. The van der Waals surface area contributed by atoms with E-state index in [-0.39, 0.29) is 0 Å². The summed E-state index contributed by atoms with van der Waals surface area (Å²) >= 11 is 11.7. The number of hydrogen-bond donors (Lipinski definition) is 0. The molecule has 0 saturated carbocycles. The van der Waals surface area contributed by atoms with Gasteiger partial charge in [-0.15, -0.1) is 68.0 Å². The van der Waals surface area contributed by atoms with Crippen LogP contribution in [0, 0.1) is 47.4 Å². The van der Waals surface area contributed by atoms with Gasteiger partial charge in [-0.2, -0.15) is 0 Å². The van der Waals surface area contributed by atoms with Crippen LogP contribution in [0.2, 0.25) is 0 Å². The molecule has 0 unspecified atom stereocenters. The number of rotatable bonds is 36. The SMILES string of the molecule is CCCCc1c2sc(c1CCCC)C#Cc1sc(c(CCCC)c1CCCC)/C=C\c1sc(c(CCCC)c1CCCC)C#Cc1sc(c(CCCC)c1CCCC)C#Cc1sc(c(CCCC)c1CCCC)/C=C\c1sc(c(CCCC)c1CCCC)C#C2. The van der Waals surface area contributed by atoms with Crippen molar-refractivity contribution in [3.63, 3.8) is 0 Å². The number of fused-ring (bicyclic) bond motifs is 12. The first kappa shape index (κ1) is 73.3. The molecular weight excluding hydrogens is 1200 g/mol. The summed E-state index contributed by atoms with van der Waals surface area (Å²) in [4.78, 5) is 15.8. The normalized spacial score (nSPS) is 12.7. The Morgan fingerprint density at radius 3 is 0.444 bits per heavy atom. The largest absolute Gasteiger partial charge is 0.127 e. The molecule has 90 heavy (non-hydrogen) atoms. The van der Waals surface area contributed by atoms with E-state index in [0.29, 0.717) is 0 Å². The second-order valence-corrected chi connectivity index (χ2v) is 31.6. The fourth-order valence-corrected chi connectivity index (χ4v) is 19.5. The van der Waals surface area contributed by atoms with Crippen molar-refractivity contribution in [1.29, 1.82) is 0 Å². The Balaban J connectivity index is 1.59. The molecule has 0 N–H and O–H groups in total. The predicted octanol–water partition coefficient (Wildman–Crippen LogP) is 26.4. The highest BCUT2D eigenvalue weighted by Gasteiger charge is 2.24. The first-order chi connectivity index (χ1) is 44.2. The maximum Gasteiger partial charge on any atom is 0.0820 e. The summed E-state index contributed by atoms with van der Waals surface area (Å²) in [6.45, 7) is 28.2. The van der Waals surface area contributed by atoms with E-state index in [1.807, 2.05) is 68.0 Å². The average molecular weight is 1310 g/mol. The summed E-state index contributed by atoms with van der Waals surface area (Å²) in [6.07, 6.45) is 51.3. The molecule has 1 aliphatic heterocycles. The van der Waals surface area contributed by atoms with Crippen LogP contribution < -0.4 is 0 Å². The van der Waals surface area contributed by atoms with Crippen molar-refractivity contribution in [3.8, 4) is 47.4 Å². The molecular formula is C84H112S6. The third-order valence-electron chi connectivity index (χ3n) is 18.1. The zero-order valence-corrected chi connectivity index (χ0v) is 63.1. The second kappa shape index (κ2) is 40.2. The monoisotopic (exact) mass is 1310 g/mol. The van der Waals surface area contributed by atoms with Crippen molar-refractivity contribution in [2.45, 2.75) is 314 Å². The molecule has 1 aliphatic rings. The lowest BCUT2D eigenvalue weighted by Gasteiger charge is -2.07. The van der Waals surface area contributed by atoms with Gasteiger partial charge in [-0.1, -0.05) is 160 Å². The maximum absolute atomic E-state index is 4.00. The Morgan fingerprint density at radius 2 is 0.300 bits per heavy atom. The van der Waals surface area contributed by atoms with Gasteiger partial charge in [0.05, 0.1) is 39.0 Å². The van der Waals surface area contributed by atoms with Crippen molar-refractivity contribution in [1.82, 2.24) is 0 Å². The molecule has 7 heterocycles. The van der Waals surface area contributed by atoms with E-state index in [9.17, 15) is 0 Å². The van der Waals surface area contributed by atoms with E-state index >= 15 is 0 Å². The third-order valence-corrected chi connectivity index (χ3v) is 24.9. The summed E-state index contributed by atoms with van der Waals surface area (Å²) in [5.74, 6) is 31.9. The zero-order chi connectivity index (χ0) is 64.0. The van der Waals surface area contributed by atoms with Crippen LogP contribution in [-0.2, 0) is 77.0 Å². The lowest BCUT2D eigenvalue weighted by molar-refractivity contribution is 0.760. The van der Waals surface area contributed by atoms with Gasteiger partial charge >= 0.3 is 0 Å². The van der Waals surface area contributed by atoms with Gasteiger partial charge in [0.2, 0.25) is 0 Å². The zero-order valence-electron chi connectivity index (χ0n) is 58.2. The van der Waals surface area contributed by atoms with Crippen LogP contribution in [0.5, 0.6) is 0 Å². The fourth-order valence-electron chi connectivity index (χ4n) is 12.6. The molecule has 0 radical (unpaired) electrons. The van der Waals surface area contributed by atoms with E-state index in [1.54, 1.807) is 22.3 Å². The Kier molecular flexibility index (Phi) is 32.8. The molecule has 0 amide bonds. The van der Waals surface area contributed by atoms with Crippen LogP contribution in [0.15, 0.2) is 0 Å². The molecule has 0 nitrogen and oxygen atoms in total. The van der Waals surface area contributed by atoms with Gasteiger partial charge in [0.1, 0.15) is 0 Å². The Morgan fingerprint density at radius 1 is 0.178 bits per heavy atom. The van der Waals surface area contributed by atoms with Crippen LogP contribution in [0.25, 0.3) is 24.3 Å². The van der Waals surface area contributed by atoms with E-state index in [4.69, 9.17) is 0 Å². The molecule has 0 atom stereocenters. The molecule has 484 valence electrons. The molecule has 12 bridgehead atoms. The van der Waals surface area contributed by atoms with Gasteiger partial charge < -0.3 is 0 Å². The minimum Gasteiger partial charge on any atom is -0.127 e. The minimum atomic E-state index is 1.07. The Labute approximate surface area is 574 Å². The smallest absolute Gasteiger partial charge is 0.0820 e. The topological polar surface area (TPSA) is 0 Å². The lowest BCUT2D eigenvalue weighted by Crippen LogP contribution is -1.96. The molecule has 0 aliphatic carbocycles. The third kappa shape index (κ3) is 20.0. The lowest BCUT2D eigenvalue weighted by atomic mass is 9.96. The summed E-state index contributed by atoms with van der Waals surface area (Å²) in [5, 5.41) is 0. The highest BCUT2D eigenvalue weighted by atomic mass is 32.1. The molecule has 6 aromatic rings. The van der Waals surface area contributed by atoms with Gasteiger partial charge in [-0.25, -0.2) is 0 Å². The van der Waals surface area contributed by atoms with Crippen LogP contribution in [0.3, 0.4) is 0 Å². The van der Waals surface area contributed by atoms with Crippen molar-refractivity contribution >= 4 is 92.3 Å². The molecule has 0 fully saturated rings.